The average molecular weight is 280 g/mol. The normalized spacial score (nSPS) is 11.7. The number of hydrogen-bond donors (Lipinski definition) is 1. The molecule has 0 fully saturated rings. The Labute approximate surface area is 122 Å². The van der Waals surface area contributed by atoms with Crippen molar-refractivity contribution in [2.45, 2.75) is 40.5 Å². The van der Waals surface area contributed by atoms with Gasteiger partial charge in [-0.15, -0.1) is 0 Å². The van der Waals surface area contributed by atoms with Gasteiger partial charge in [0, 0.05) is 26.3 Å². The van der Waals surface area contributed by atoms with Crippen molar-refractivity contribution in [3.63, 3.8) is 0 Å². The summed E-state index contributed by atoms with van der Waals surface area (Å²) in [5.41, 5.74) is 7.31. The first-order valence-corrected chi connectivity index (χ1v) is 7.36. The Hall–Kier alpha value is -1.36. The van der Waals surface area contributed by atoms with Crippen LogP contribution in [-0.4, -0.2) is 40.2 Å². The molecule has 1 rings (SSSR count). The van der Waals surface area contributed by atoms with Gasteiger partial charge in [-0.25, -0.2) is 0 Å². The smallest absolute Gasteiger partial charge is 0.257 e. The van der Waals surface area contributed by atoms with Crippen LogP contribution < -0.4 is 5.73 Å². The molecule has 2 N–H and O–H groups in total. The maximum atomic E-state index is 12.8. The molecule has 0 saturated heterocycles. The van der Waals surface area contributed by atoms with Gasteiger partial charge in [0.1, 0.15) is 0 Å². The zero-order valence-corrected chi connectivity index (χ0v) is 13.4. The molecule has 0 radical (unpaired) electrons. The van der Waals surface area contributed by atoms with Crippen molar-refractivity contribution < 1.29 is 4.79 Å². The highest BCUT2D eigenvalue weighted by Gasteiger charge is 2.26. The summed E-state index contributed by atoms with van der Waals surface area (Å²) < 4.78 is 1.71. The number of carbonyl (C=O) groups is 1. The first-order valence-electron chi connectivity index (χ1n) is 7.36. The Morgan fingerprint density at radius 2 is 2.10 bits per heavy atom. The van der Waals surface area contributed by atoms with Crippen molar-refractivity contribution in [2.75, 3.05) is 19.6 Å². The summed E-state index contributed by atoms with van der Waals surface area (Å²) in [7, 11) is 1.85. The lowest BCUT2D eigenvalue weighted by Crippen LogP contribution is -2.42. The Bertz CT molecular complexity index is 451. The van der Waals surface area contributed by atoms with E-state index in [4.69, 9.17) is 5.73 Å². The van der Waals surface area contributed by atoms with E-state index in [9.17, 15) is 4.79 Å². The maximum absolute atomic E-state index is 12.8. The standard InChI is InChI=1S/C15H28N4O/c1-6-8-19(11-15(3,4)10-16)14(20)12-9-18(5)17-13(12)7-2/h9H,6-8,10-11,16H2,1-5H3. The number of amides is 1. The highest BCUT2D eigenvalue weighted by Crippen LogP contribution is 2.18. The van der Waals surface area contributed by atoms with Crippen LogP contribution in [0.3, 0.4) is 0 Å². The Morgan fingerprint density at radius 3 is 2.60 bits per heavy atom. The van der Waals surface area contributed by atoms with Crippen LogP contribution in [0.4, 0.5) is 0 Å². The van der Waals surface area contributed by atoms with E-state index in [2.05, 4.69) is 25.9 Å². The summed E-state index contributed by atoms with van der Waals surface area (Å²) in [6.45, 7) is 10.3. The van der Waals surface area contributed by atoms with E-state index in [1.165, 1.54) is 0 Å². The predicted molar refractivity (Wildman–Crippen MR) is 81.6 cm³/mol. The first-order chi connectivity index (χ1) is 9.34. The molecule has 0 bridgehead atoms. The van der Waals surface area contributed by atoms with E-state index < -0.39 is 0 Å². The second-order valence-corrected chi connectivity index (χ2v) is 6.11. The molecule has 5 heteroatoms. The van der Waals surface area contributed by atoms with Crippen molar-refractivity contribution >= 4 is 5.91 Å². The maximum Gasteiger partial charge on any atom is 0.257 e. The van der Waals surface area contributed by atoms with Crippen LogP contribution in [0, 0.1) is 5.41 Å². The number of hydrogen-bond acceptors (Lipinski definition) is 3. The molecule has 20 heavy (non-hydrogen) atoms. The zero-order valence-electron chi connectivity index (χ0n) is 13.4. The molecule has 0 aromatic carbocycles. The van der Waals surface area contributed by atoms with E-state index in [0.717, 1.165) is 30.6 Å². The molecule has 1 aromatic heterocycles. The summed E-state index contributed by atoms with van der Waals surface area (Å²) in [5.74, 6) is 0.0679. The first kappa shape index (κ1) is 16.7. The fourth-order valence-electron chi connectivity index (χ4n) is 2.25. The topological polar surface area (TPSA) is 64.2 Å². The second-order valence-electron chi connectivity index (χ2n) is 6.11. The van der Waals surface area contributed by atoms with E-state index in [-0.39, 0.29) is 11.3 Å². The van der Waals surface area contributed by atoms with Crippen molar-refractivity contribution in [2.24, 2.45) is 18.2 Å². The molecule has 0 aliphatic carbocycles. The van der Waals surface area contributed by atoms with Crippen molar-refractivity contribution in [1.82, 2.24) is 14.7 Å². The number of nitrogens with two attached hydrogens (primary N) is 1. The Morgan fingerprint density at radius 1 is 1.45 bits per heavy atom. The lowest BCUT2D eigenvalue weighted by molar-refractivity contribution is 0.0688. The minimum Gasteiger partial charge on any atom is -0.338 e. The molecule has 0 saturated carbocycles. The van der Waals surface area contributed by atoms with Crippen LogP contribution in [0.1, 0.15) is 50.2 Å². The molecule has 5 nitrogen and oxygen atoms in total. The largest absolute Gasteiger partial charge is 0.338 e. The molecule has 114 valence electrons. The molecule has 0 spiro atoms. The lowest BCUT2D eigenvalue weighted by atomic mass is 9.92. The van der Waals surface area contributed by atoms with Crippen LogP contribution >= 0.6 is 0 Å². The van der Waals surface area contributed by atoms with E-state index in [1.54, 1.807) is 4.68 Å². The van der Waals surface area contributed by atoms with Crippen LogP contribution in [0.25, 0.3) is 0 Å². The van der Waals surface area contributed by atoms with Crippen LogP contribution in [0.15, 0.2) is 6.20 Å². The van der Waals surface area contributed by atoms with E-state index >= 15 is 0 Å². The van der Waals surface area contributed by atoms with Gasteiger partial charge < -0.3 is 10.6 Å². The summed E-state index contributed by atoms with van der Waals surface area (Å²) in [6.07, 6.45) is 3.52. The molecular weight excluding hydrogens is 252 g/mol. The number of nitrogens with zero attached hydrogens (tertiary/aromatic N) is 3. The Balaban J connectivity index is 2.98. The van der Waals surface area contributed by atoms with Crippen LogP contribution in [-0.2, 0) is 13.5 Å². The van der Waals surface area contributed by atoms with Gasteiger partial charge in [0.05, 0.1) is 11.3 Å². The quantitative estimate of drug-likeness (QED) is 0.828. The molecule has 0 unspecified atom stereocenters. The molecule has 0 atom stereocenters. The third-order valence-electron chi connectivity index (χ3n) is 3.42. The van der Waals surface area contributed by atoms with Gasteiger partial charge >= 0.3 is 0 Å². The number of aryl methyl sites for hydroxylation is 2. The van der Waals surface area contributed by atoms with E-state index in [1.807, 2.05) is 25.1 Å². The van der Waals surface area contributed by atoms with Crippen molar-refractivity contribution in [3.05, 3.63) is 17.5 Å². The zero-order chi connectivity index (χ0) is 15.3. The summed E-state index contributed by atoms with van der Waals surface area (Å²) >= 11 is 0. The molecule has 1 heterocycles. The Kier molecular flexibility index (Phi) is 5.74. The highest BCUT2D eigenvalue weighted by molar-refractivity contribution is 5.95. The molecular formula is C15H28N4O. The van der Waals surface area contributed by atoms with Crippen LogP contribution in [0.2, 0.25) is 0 Å². The molecule has 0 aliphatic rings. The number of carbonyl (C=O) groups excluding carboxylic acids is 1. The van der Waals surface area contributed by atoms with Gasteiger partial charge in [-0.05, 0) is 24.8 Å². The predicted octanol–water partition coefficient (Wildman–Crippen LogP) is 1.82. The minimum absolute atomic E-state index is 0.0679. The van der Waals surface area contributed by atoms with Crippen molar-refractivity contribution in [3.8, 4) is 0 Å². The molecule has 0 aliphatic heterocycles. The molecule has 1 aromatic rings. The minimum atomic E-state index is -0.0700. The summed E-state index contributed by atoms with van der Waals surface area (Å²) in [5, 5.41) is 4.35. The highest BCUT2D eigenvalue weighted by atomic mass is 16.2. The number of rotatable bonds is 7. The third-order valence-corrected chi connectivity index (χ3v) is 3.42. The average Bonchev–Trinajstić information content (AvgIpc) is 2.78. The van der Waals surface area contributed by atoms with Gasteiger partial charge in [0.25, 0.3) is 5.91 Å². The lowest BCUT2D eigenvalue weighted by Gasteiger charge is -2.31. The SMILES string of the molecule is CCCN(CC(C)(C)CN)C(=O)c1cn(C)nc1CC. The fraction of sp³-hybridized carbons (Fsp3) is 0.733. The third kappa shape index (κ3) is 4.07. The van der Waals surface area contributed by atoms with Gasteiger partial charge in [-0.1, -0.05) is 27.7 Å². The van der Waals surface area contributed by atoms with Gasteiger partial charge in [0.15, 0.2) is 0 Å². The van der Waals surface area contributed by atoms with Crippen LogP contribution in [0.5, 0.6) is 0 Å². The molecule has 1 amide bonds. The van der Waals surface area contributed by atoms with Gasteiger partial charge in [0.2, 0.25) is 0 Å². The van der Waals surface area contributed by atoms with E-state index in [0.29, 0.717) is 13.1 Å². The second kappa shape index (κ2) is 6.88. The van der Waals surface area contributed by atoms with Crippen molar-refractivity contribution in [1.29, 1.82) is 0 Å². The number of aromatic nitrogens is 2. The summed E-state index contributed by atoms with van der Waals surface area (Å²) in [4.78, 5) is 14.7. The fourth-order valence-corrected chi connectivity index (χ4v) is 2.25. The monoisotopic (exact) mass is 280 g/mol. The van der Waals surface area contributed by atoms with Gasteiger partial charge in [-0.3, -0.25) is 9.48 Å². The summed E-state index contributed by atoms with van der Waals surface area (Å²) in [6, 6.07) is 0. The van der Waals surface area contributed by atoms with Gasteiger partial charge in [-0.2, -0.15) is 5.10 Å².